The third kappa shape index (κ3) is 11.5. The van der Waals surface area contributed by atoms with Gasteiger partial charge < -0.3 is 42.1 Å². The Labute approximate surface area is 199 Å². The Bertz CT molecular complexity index is 935. The lowest BCUT2D eigenvalue weighted by Crippen LogP contribution is -2.53. The lowest BCUT2D eigenvalue weighted by molar-refractivity contribution is -0.141. The van der Waals surface area contributed by atoms with E-state index < -0.39 is 73.1 Å². The maximum atomic E-state index is 12.5. The van der Waals surface area contributed by atoms with E-state index in [0.717, 1.165) is 0 Å². The summed E-state index contributed by atoms with van der Waals surface area (Å²) in [5.41, 5.74) is 6.11. The number of carboxylic acids is 3. The van der Waals surface area contributed by atoms with E-state index in [2.05, 4.69) is 16.0 Å². The van der Waals surface area contributed by atoms with Gasteiger partial charge in [0.25, 0.3) is 0 Å². The highest BCUT2D eigenvalue weighted by molar-refractivity contribution is 5.93. The Morgan fingerprint density at radius 3 is 1.91 bits per heavy atom. The molecule has 0 aliphatic rings. The molecule has 1 aromatic carbocycles. The van der Waals surface area contributed by atoms with Gasteiger partial charge in [-0.25, -0.2) is 4.79 Å². The van der Waals surface area contributed by atoms with Crippen molar-refractivity contribution in [2.75, 3.05) is 6.54 Å². The number of phenolic OH excluding ortho intramolecular Hbond substituents is 1. The maximum absolute atomic E-state index is 12.5. The average Bonchev–Trinajstić information content (AvgIpc) is 2.79. The molecule has 192 valence electrons. The van der Waals surface area contributed by atoms with Gasteiger partial charge in [-0.3, -0.25) is 24.0 Å². The minimum absolute atomic E-state index is 0.0141. The topological polar surface area (TPSA) is 245 Å². The maximum Gasteiger partial charge on any atom is 0.326 e. The minimum atomic E-state index is -1.38. The molecule has 1 rings (SSSR count). The molecule has 14 nitrogen and oxygen atoms in total. The summed E-state index contributed by atoms with van der Waals surface area (Å²) >= 11 is 0. The van der Waals surface area contributed by atoms with Crippen molar-refractivity contribution >= 4 is 35.6 Å². The zero-order chi connectivity index (χ0) is 26.5. The van der Waals surface area contributed by atoms with Gasteiger partial charge in [0.1, 0.15) is 17.8 Å². The summed E-state index contributed by atoms with van der Waals surface area (Å²) in [6.07, 6.45) is -1.54. The predicted molar refractivity (Wildman–Crippen MR) is 118 cm³/mol. The Kier molecular flexibility index (Phi) is 11.7. The number of benzene rings is 1. The van der Waals surface area contributed by atoms with E-state index in [4.69, 9.17) is 15.9 Å². The van der Waals surface area contributed by atoms with Crippen LogP contribution in [0.4, 0.5) is 0 Å². The Morgan fingerprint density at radius 1 is 0.800 bits per heavy atom. The van der Waals surface area contributed by atoms with Crippen LogP contribution in [0.5, 0.6) is 5.75 Å². The fourth-order valence-corrected chi connectivity index (χ4v) is 2.83. The van der Waals surface area contributed by atoms with Crippen LogP contribution < -0.4 is 21.7 Å². The summed E-state index contributed by atoms with van der Waals surface area (Å²) < 4.78 is 0. The number of carbonyl (C=O) groups excluding carboxylic acids is 3. The van der Waals surface area contributed by atoms with Crippen molar-refractivity contribution in [3.8, 4) is 5.75 Å². The van der Waals surface area contributed by atoms with Crippen LogP contribution >= 0.6 is 0 Å². The molecule has 1 aromatic rings. The highest BCUT2D eigenvalue weighted by Gasteiger charge is 2.26. The van der Waals surface area contributed by atoms with Crippen molar-refractivity contribution in [2.45, 2.75) is 50.2 Å². The number of rotatable bonds is 15. The number of nitrogens with two attached hydrogens (primary N) is 1. The second kappa shape index (κ2) is 14.1. The molecule has 3 atom stereocenters. The van der Waals surface area contributed by atoms with Crippen molar-refractivity contribution in [2.24, 2.45) is 5.73 Å². The van der Waals surface area contributed by atoms with E-state index in [-0.39, 0.29) is 25.0 Å². The van der Waals surface area contributed by atoms with Gasteiger partial charge in [0.15, 0.2) is 0 Å². The minimum Gasteiger partial charge on any atom is -0.508 e. The molecule has 0 fully saturated rings. The molecule has 35 heavy (non-hydrogen) atoms. The molecule has 0 heterocycles. The predicted octanol–water partition coefficient (Wildman–Crippen LogP) is -1.84. The molecule has 0 aliphatic heterocycles. The first kappa shape index (κ1) is 28.8. The van der Waals surface area contributed by atoms with Gasteiger partial charge in [-0.15, -0.1) is 0 Å². The van der Waals surface area contributed by atoms with Gasteiger partial charge in [-0.1, -0.05) is 12.1 Å². The Morgan fingerprint density at radius 2 is 1.37 bits per heavy atom. The molecule has 14 heteroatoms. The van der Waals surface area contributed by atoms with Crippen LogP contribution in [-0.2, 0) is 35.2 Å². The number of aliphatic carboxylic acids is 3. The zero-order valence-electron chi connectivity index (χ0n) is 18.6. The highest BCUT2D eigenvalue weighted by atomic mass is 16.4. The summed E-state index contributed by atoms with van der Waals surface area (Å²) in [4.78, 5) is 69.8. The van der Waals surface area contributed by atoms with E-state index >= 15 is 0 Å². The van der Waals surface area contributed by atoms with Gasteiger partial charge in [-0.05, 0) is 30.5 Å². The van der Waals surface area contributed by atoms with Crippen LogP contribution in [0.25, 0.3) is 0 Å². The monoisotopic (exact) mass is 496 g/mol. The number of phenols is 1. The first-order chi connectivity index (χ1) is 16.4. The second-order valence-corrected chi connectivity index (χ2v) is 7.58. The normalized spacial score (nSPS) is 13.1. The number of aromatic hydroxyl groups is 1. The third-order valence-corrected chi connectivity index (χ3v) is 4.72. The molecule has 0 spiro atoms. The molecule has 9 N–H and O–H groups in total. The van der Waals surface area contributed by atoms with Crippen LogP contribution in [0.2, 0.25) is 0 Å². The summed E-state index contributed by atoms with van der Waals surface area (Å²) in [6, 6.07) is 1.70. The molecule has 0 bridgehead atoms. The van der Waals surface area contributed by atoms with E-state index in [1.807, 2.05) is 0 Å². The quantitative estimate of drug-likeness (QED) is 0.134. The van der Waals surface area contributed by atoms with E-state index in [0.29, 0.717) is 5.56 Å². The molecule has 0 saturated carbocycles. The van der Waals surface area contributed by atoms with Crippen LogP contribution in [0.15, 0.2) is 24.3 Å². The Balaban J connectivity index is 2.70. The molecule has 3 amide bonds. The van der Waals surface area contributed by atoms with E-state index in [9.17, 15) is 39.0 Å². The first-order valence-corrected chi connectivity index (χ1v) is 10.5. The summed E-state index contributed by atoms with van der Waals surface area (Å²) in [5, 5.41) is 42.9. The molecule has 0 saturated heterocycles. The largest absolute Gasteiger partial charge is 0.508 e. The molecular formula is C21H28N4O10. The second-order valence-electron chi connectivity index (χ2n) is 7.58. The van der Waals surface area contributed by atoms with E-state index in [1.165, 1.54) is 24.3 Å². The Hall–Kier alpha value is -4.20. The van der Waals surface area contributed by atoms with Crippen molar-refractivity contribution in [3.63, 3.8) is 0 Å². The van der Waals surface area contributed by atoms with Crippen molar-refractivity contribution in [1.82, 2.24) is 16.0 Å². The number of hydrogen-bond acceptors (Lipinski definition) is 8. The summed E-state index contributed by atoms with van der Waals surface area (Å²) in [7, 11) is 0. The van der Waals surface area contributed by atoms with Crippen LogP contribution in [0.1, 0.15) is 31.2 Å². The number of carbonyl (C=O) groups is 6. The fraction of sp³-hybridized carbons (Fsp3) is 0.429. The van der Waals surface area contributed by atoms with Crippen molar-refractivity contribution in [1.29, 1.82) is 0 Å². The van der Waals surface area contributed by atoms with Gasteiger partial charge in [-0.2, -0.15) is 0 Å². The van der Waals surface area contributed by atoms with Gasteiger partial charge in [0.2, 0.25) is 17.7 Å². The number of nitrogens with one attached hydrogen (secondary N) is 3. The molecule has 3 unspecified atom stereocenters. The smallest absolute Gasteiger partial charge is 0.326 e. The lowest BCUT2D eigenvalue weighted by atomic mass is 10.1. The highest BCUT2D eigenvalue weighted by Crippen LogP contribution is 2.11. The van der Waals surface area contributed by atoms with Gasteiger partial charge in [0, 0.05) is 19.3 Å². The molecule has 0 aromatic heterocycles. The van der Waals surface area contributed by atoms with Crippen molar-refractivity contribution < 1.29 is 49.2 Å². The van der Waals surface area contributed by atoms with E-state index in [1.54, 1.807) is 0 Å². The first-order valence-electron chi connectivity index (χ1n) is 10.5. The molecular weight excluding hydrogens is 468 g/mol. The van der Waals surface area contributed by atoms with Crippen LogP contribution in [0.3, 0.4) is 0 Å². The third-order valence-electron chi connectivity index (χ3n) is 4.72. The SMILES string of the molecule is NC(CCC(=O)O)C(=O)NC(CCC(=O)O)C(=O)NCC(=O)NC(Cc1ccc(O)cc1)C(=O)O. The standard InChI is InChI=1S/C21H28N4O10/c22-13(5-7-17(28)29)19(32)25-14(6-8-18(30)31)20(33)23-10-16(27)24-15(21(34)35)9-11-1-3-12(26)4-2-11/h1-4,13-15,26H,5-10,22H2,(H,23,33)(H,24,27)(H,25,32)(H,28,29)(H,30,31)(H,34,35). The van der Waals surface area contributed by atoms with Crippen LogP contribution in [0, 0.1) is 0 Å². The van der Waals surface area contributed by atoms with Gasteiger partial charge >= 0.3 is 17.9 Å². The molecule has 0 aliphatic carbocycles. The van der Waals surface area contributed by atoms with Gasteiger partial charge in [0.05, 0.1) is 12.6 Å². The number of carboxylic acid groups (broad SMARTS) is 3. The average molecular weight is 496 g/mol. The molecule has 0 radical (unpaired) electrons. The fourth-order valence-electron chi connectivity index (χ4n) is 2.83. The zero-order valence-corrected chi connectivity index (χ0v) is 18.6. The number of hydrogen-bond donors (Lipinski definition) is 8. The lowest BCUT2D eigenvalue weighted by Gasteiger charge is -2.20. The summed E-state index contributed by atoms with van der Waals surface area (Å²) in [6.45, 7) is -0.664. The number of amides is 3. The summed E-state index contributed by atoms with van der Waals surface area (Å²) in [5.74, 6) is -6.41. The van der Waals surface area contributed by atoms with Crippen molar-refractivity contribution in [3.05, 3.63) is 29.8 Å². The van der Waals surface area contributed by atoms with Crippen LogP contribution in [-0.4, -0.2) is 80.7 Å².